The van der Waals surface area contributed by atoms with Crippen molar-refractivity contribution < 1.29 is 9.90 Å². The van der Waals surface area contributed by atoms with E-state index in [1.165, 1.54) is 23.7 Å². The lowest BCUT2D eigenvalue weighted by molar-refractivity contribution is 0.0690. The van der Waals surface area contributed by atoms with Crippen molar-refractivity contribution >= 4 is 28.3 Å². The Labute approximate surface area is 95.0 Å². The molecule has 2 rings (SSSR count). The number of carbonyl (C=O) groups is 1. The normalized spacial score (nSPS) is 10.1. The van der Waals surface area contributed by atoms with Crippen molar-refractivity contribution in [3.05, 3.63) is 29.2 Å². The van der Waals surface area contributed by atoms with Crippen LogP contribution in [0.5, 0.6) is 0 Å². The third kappa shape index (κ3) is 2.31. The van der Waals surface area contributed by atoms with Gasteiger partial charge in [0.1, 0.15) is 0 Å². The second kappa shape index (κ2) is 4.23. The molecule has 0 spiro atoms. The first-order chi connectivity index (χ1) is 7.65. The maximum atomic E-state index is 10.5. The van der Waals surface area contributed by atoms with Crippen molar-refractivity contribution in [3.63, 3.8) is 0 Å². The Balaban J connectivity index is 2.14. The average Bonchev–Trinajstić information content (AvgIpc) is 2.65. The van der Waals surface area contributed by atoms with Crippen molar-refractivity contribution in [2.45, 2.75) is 6.92 Å². The van der Waals surface area contributed by atoms with E-state index >= 15 is 0 Å². The van der Waals surface area contributed by atoms with Gasteiger partial charge in [-0.25, -0.2) is 19.7 Å². The number of hydrogen-bond donors (Lipinski definition) is 2. The number of aryl methyl sites for hydroxylation is 1. The highest BCUT2D eigenvalue weighted by molar-refractivity contribution is 7.15. The van der Waals surface area contributed by atoms with E-state index < -0.39 is 5.97 Å². The Bertz CT molecular complexity index is 508. The number of carboxylic acid groups (broad SMARTS) is 1. The molecular weight excluding hydrogens is 228 g/mol. The molecule has 0 fully saturated rings. The van der Waals surface area contributed by atoms with Crippen LogP contribution in [-0.4, -0.2) is 26.0 Å². The second-order valence-electron chi connectivity index (χ2n) is 2.99. The molecule has 16 heavy (non-hydrogen) atoms. The first kappa shape index (κ1) is 10.5. The predicted molar refractivity (Wildman–Crippen MR) is 59.1 cm³/mol. The summed E-state index contributed by atoms with van der Waals surface area (Å²) in [6.45, 7) is 1.95. The summed E-state index contributed by atoms with van der Waals surface area (Å²) >= 11 is 1.49. The van der Waals surface area contributed by atoms with Gasteiger partial charge in [-0.2, -0.15) is 0 Å². The smallest absolute Gasteiger partial charge is 0.356 e. The van der Waals surface area contributed by atoms with E-state index in [0.717, 1.165) is 4.88 Å². The van der Waals surface area contributed by atoms with E-state index in [-0.39, 0.29) is 5.69 Å². The Morgan fingerprint density at radius 3 is 2.62 bits per heavy atom. The van der Waals surface area contributed by atoms with E-state index in [1.54, 1.807) is 6.20 Å². The lowest BCUT2D eigenvalue weighted by Crippen LogP contribution is -2.02. The largest absolute Gasteiger partial charge is 0.476 e. The Morgan fingerprint density at radius 2 is 2.12 bits per heavy atom. The summed E-state index contributed by atoms with van der Waals surface area (Å²) in [4.78, 5) is 23.4. The number of hydrogen-bond acceptors (Lipinski definition) is 6. The highest BCUT2D eigenvalue weighted by Gasteiger charge is 2.05. The molecule has 2 aromatic heterocycles. The molecule has 0 unspecified atom stereocenters. The van der Waals surface area contributed by atoms with Crippen LogP contribution in [0, 0.1) is 6.92 Å². The molecule has 0 saturated heterocycles. The van der Waals surface area contributed by atoms with Gasteiger partial charge >= 0.3 is 5.97 Å². The molecule has 2 heterocycles. The quantitative estimate of drug-likeness (QED) is 0.843. The number of carboxylic acids is 1. The number of aromatic nitrogens is 3. The summed E-state index contributed by atoms with van der Waals surface area (Å²) in [5.74, 6) is -0.622. The number of rotatable bonds is 3. The number of aromatic carboxylic acids is 1. The first-order valence-corrected chi connectivity index (χ1v) is 5.21. The summed E-state index contributed by atoms with van der Waals surface area (Å²) < 4.78 is 0. The van der Waals surface area contributed by atoms with E-state index in [9.17, 15) is 4.79 Å². The Hall–Kier alpha value is -2.02. The van der Waals surface area contributed by atoms with Crippen LogP contribution >= 0.6 is 11.3 Å². The lowest BCUT2D eigenvalue weighted by atomic mass is 10.4. The van der Waals surface area contributed by atoms with Crippen molar-refractivity contribution in [1.82, 2.24) is 15.0 Å². The van der Waals surface area contributed by atoms with Crippen LogP contribution in [0.4, 0.5) is 10.9 Å². The standard InChI is InChI=1S/C9H8N4O2S/c1-5-2-12-9(16-5)13-7-4-10-6(3-11-7)8(14)15/h2-4H,1H3,(H,14,15)(H,11,12,13). The predicted octanol–water partition coefficient (Wildman–Crippen LogP) is 1.68. The molecule has 0 bridgehead atoms. The molecule has 2 aromatic rings. The average molecular weight is 236 g/mol. The van der Waals surface area contributed by atoms with Crippen molar-refractivity contribution in [2.75, 3.05) is 5.32 Å². The Kier molecular flexibility index (Phi) is 2.78. The van der Waals surface area contributed by atoms with Crippen LogP contribution in [0.1, 0.15) is 15.4 Å². The van der Waals surface area contributed by atoms with Crippen molar-refractivity contribution in [1.29, 1.82) is 0 Å². The minimum atomic E-state index is -1.09. The molecule has 0 aromatic carbocycles. The fraction of sp³-hybridized carbons (Fsp3) is 0.111. The number of anilines is 2. The first-order valence-electron chi connectivity index (χ1n) is 4.40. The SMILES string of the molecule is Cc1cnc(Nc2cnc(C(=O)O)cn2)s1. The van der Waals surface area contributed by atoms with Crippen LogP contribution < -0.4 is 5.32 Å². The zero-order valence-corrected chi connectivity index (χ0v) is 9.15. The fourth-order valence-electron chi connectivity index (χ4n) is 1.03. The summed E-state index contributed by atoms with van der Waals surface area (Å²) in [7, 11) is 0. The van der Waals surface area contributed by atoms with Crippen LogP contribution in [0.25, 0.3) is 0 Å². The van der Waals surface area contributed by atoms with Crippen LogP contribution in [0.15, 0.2) is 18.6 Å². The van der Waals surface area contributed by atoms with Crippen molar-refractivity contribution in [2.24, 2.45) is 0 Å². The molecule has 0 aliphatic heterocycles. The van der Waals surface area contributed by atoms with Gasteiger partial charge in [0.2, 0.25) is 0 Å². The lowest BCUT2D eigenvalue weighted by Gasteiger charge is -2.00. The van der Waals surface area contributed by atoms with Crippen molar-refractivity contribution in [3.8, 4) is 0 Å². The van der Waals surface area contributed by atoms with E-state index in [0.29, 0.717) is 10.9 Å². The number of thiazole rings is 1. The summed E-state index contributed by atoms with van der Waals surface area (Å²) in [6.07, 6.45) is 4.30. The third-order valence-corrected chi connectivity index (χ3v) is 2.56. The maximum Gasteiger partial charge on any atom is 0.356 e. The number of nitrogens with one attached hydrogen (secondary N) is 1. The minimum Gasteiger partial charge on any atom is -0.476 e. The van der Waals surface area contributed by atoms with Gasteiger partial charge in [-0.1, -0.05) is 0 Å². The van der Waals surface area contributed by atoms with Gasteiger partial charge in [0.05, 0.1) is 12.4 Å². The zero-order valence-electron chi connectivity index (χ0n) is 8.34. The molecule has 0 saturated carbocycles. The van der Waals surface area contributed by atoms with Gasteiger partial charge in [-0.15, -0.1) is 11.3 Å². The molecule has 0 aliphatic carbocycles. The fourth-order valence-corrected chi connectivity index (χ4v) is 1.70. The Morgan fingerprint density at radius 1 is 1.31 bits per heavy atom. The minimum absolute atomic E-state index is 0.0825. The molecule has 0 atom stereocenters. The van der Waals surface area contributed by atoms with E-state index in [2.05, 4.69) is 20.3 Å². The van der Waals surface area contributed by atoms with Gasteiger partial charge in [0.15, 0.2) is 16.6 Å². The molecule has 2 N–H and O–H groups in total. The third-order valence-electron chi connectivity index (χ3n) is 1.73. The molecule has 0 radical (unpaired) electrons. The highest BCUT2D eigenvalue weighted by Crippen LogP contribution is 2.19. The van der Waals surface area contributed by atoms with Crippen LogP contribution in [0.3, 0.4) is 0 Å². The van der Waals surface area contributed by atoms with Crippen LogP contribution in [-0.2, 0) is 0 Å². The highest BCUT2D eigenvalue weighted by atomic mass is 32.1. The molecule has 82 valence electrons. The van der Waals surface area contributed by atoms with Gasteiger partial charge in [0, 0.05) is 11.1 Å². The van der Waals surface area contributed by atoms with E-state index in [4.69, 9.17) is 5.11 Å². The summed E-state index contributed by atoms with van der Waals surface area (Å²) in [5, 5.41) is 12.3. The number of nitrogens with zero attached hydrogens (tertiary/aromatic N) is 3. The molecule has 0 aliphatic rings. The zero-order chi connectivity index (χ0) is 11.5. The summed E-state index contributed by atoms with van der Waals surface area (Å²) in [6, 6.07) is 0. The molecule has 6 nitrogen and oxygen atoms in total. The molecular formula is C9H8N4O2S. The maximum absolute atomic E-state index is 10.5. The molecule has 0 amide bonds. The van der Waals surface area contributed by atoms with Gasteiger partial charge < -0.3 is 10.4 Å². The van der Waals surface area contributed by atoms with Gasteiger partial charge in [0.25, 0.3) is 0 Å². The van der Waals surface area contributed by atoms with Gasteiger partial charge in [-0.05, 0) is 6.92 Å². The summed E-state index contributed by atoms with van der Waals surface area (Å²) in [5.41, 5.74) is -0.0825. The second-order valence-corrected chi connectivity index (χ2v) is 4.23. The monoisotopic (exact) mass is 236 g/mol. The topological polar surface area (TPSA) is 88.0 Å². The van der Waals surface area contributed by atoms with Gasteiger partial charge in [-0.3, -0.25) is 0 Å². The van der Waals surface area contributed by atoms with Crippen LogP contribution in [0.2, 0.25) is 0 Å². The van der Waals surface area contributed by atoms with E-state index in [1.807, 2.05) is 6.92 Å². The molecule has 7 heteroatoms.